The molecule has 0 heterocycles. The first-order chi connectivity index (χ1) is 9.69. The molecule has 21 heavy (non-hydrogen) atoms. The monoisotopic (exact) mass is 288 g/mol. The Morgan fingerprint density at radius 2 is 1.71 bits per heavy atom. The molecule has 1 aliphatic rings. The maximum absolute atomic E-state index is 12.2. The summed E-state index contributed by atoms with van der Waals surface area (Å²) in [5.41, 5.74) is 2.79. The van der Waals surface area contributed by atoms with E-state index in [-0.39, 0.29) is 29.2 Å². The Hall–Kier alpha value is -1.84. The Kier molecular flexibility index (Phi) is 4.08. The summed E-state index contributed by atoms with van der Waals surface area (Å²) in [6.07, 6.45) is 0.638. The van der Waals surface area contributed by atoms with E-state index >= 15 is 0 Å². The van der Waals surface area contributed by atoms with E-state index in [1.807, 2.05) is 52.8 Å². The third-order valence-electron chi connectivity index (χ3n) is 3.82. The van der Waals surface area contributed by atoms with Gasteiger partial charge in [0, 0.05) is 11.2 Å². The molecule has 0 aromatic heterocycles. The minimum atomic E-state index is -0.256. The zero-order valence-electron chi connectivity index (χ0n) is 13.4. The van der Waals surface area contributed by atoms with E-state index in [0.717, 1.165) is 16.8 Å². The van der Waals surface area contributed by atoms with Gasteiger partial charge >= 0.3 is 0 Å². The summed E-state index contributed by atoms with van der Waals surface area (Å²) >= 11 is 0. The van der Waals surface area contributed by atoms with Crippen molar-refractivity contribution in [2.75, 3.05) is 5.32 Å². The molecule has 0 aliphatic heterocycles. The largest absolute Gasteiger partial charge is 0.351 e. The predicted molar refractivity (Wildman–Crippen MR) is 84.0 cm³/mol. The van der Waals surface area contributed by atoms with Crippen molar-refractivity contribution in [2.24, 2.45) is 11.8 Å². The van der Waals surface area contributed by atoms with Crippen LogP contribution in [0, 0.1) is 25.7 Å². The first-order valence-electron chi connectivity index (χ1n) is 7.38. The summed E-state index contributed by atoms with van der Waals surface area (Å²) in [6, 6.07) is 5.84. The molecular weight excluding hydrogens is 264 g/mol. The van der Waals surface area contributed by atoms with E-state index in [1.165, 1.54) is 0 Å². The number of benzene rings is 1. The van der Waals surface area contributed by atoms with Crippen LogP contribution in [0.25, 0.3) is 0 Å². The predicted octanol–water partition coefficient (Wildman–Crippen LogP) is 2.79. The molecule has 0 bridgehead atoms. The summed E-state index contributed by atoms with van der Waals surface area (Å²) in [6.45, 7) is 9.83. The Labute approximate surface area is 126 Å². The summed E-state index contributed by atoms with van der Waals surface area (Å²) in [4.78, 5) is 24.2. The van der Waals surface area contributed by atoms with Crippen LogP contribution in [0.1, 0.15) is 38.3 Å². The van der Waals surface area contributed by atoms with Gasteiger partial charge < -0.3 is 10.6 Å². The van der Waals surface area contributed by atoms with Crippen LogP contribution >= 0.6 is 0 Å². The van der Waals surface area contributed by atoms with Crippen molar-refractivity contribution in [3.63, 3.8) is 0 Å². The lowest BCUT2D eigenvalue weighted by Crippen LogP contribution is -2.42. The molecule has 0 spiro atoms. The molecule has 4 heteroatoms. The van der Waals surface area contributed by atoms with Crippen LogP contribution in [0.5, 0.6) is 0 Å². The van der Waals surface area contributed by atoms with Crippen molar-refractivity contribution in [1.82, 2.24) is 5.32 Å². The second-order valence-electron chi connectivity index (χ2n) is 6.92. The molecule has 4 nitrogen and oxygen atoms in total. The summed E-state index contributed by atoms with van der Waals surface area (Å²) in [5.74, 6) is -0.469. The molecule has 0 saturated heterocycles. The van der Waals surface area contributed by atoms with Gasteiger partial charge in [-0.15, -0.1) is 0 Å². The number of hydrogen-bond acceptors (Lipinski definition) is 2. The molecule has 2 N–H and O–H groups in total. The molecule has 1 aliphatic carbocycles. The van der Waals surface area contributed by atoms with Crippen molar-refractivity contribution < 1.29 is 9.59 Å². The van der Waals surface area contributed by atoms with Crippen LogP contribution in [0.2, 0.25) is 0 Å². The maximum atomic E-state index is 12.2. The molecule has 1 saturated carbocycles. The highest BCUT2D eigenvalue weighted by Crippen LogP contribution is 2.40. The Morgan fingerprint density at radius 1 is 1.10 bits per heavy atom. The summed E-state index contributed by atoms with van der Waals surface area (Å²) < 4.78 is 0. The molecular formula is C17H24N2O2. The smallest absolute Gasteiger partial charge is 0.228 e. The van der Waals surface area contributed by atoms with Crippen molar-refractivity contribution in [3.8, 4) is 0 Å². The fourth-order valence-corrected chi connectivity index (χ4v) is 2.35. The summed E-state index contributed by atoms with van der Waals surface area (Å²) in [7, 11) is 0. The average Bonchev–Trinajstić information content (AvgIpc) is 3.13. The van der Waals surface area contributed by atoms with Gasteiger partial charge in [0.15, 0.2) is 0 Å². The molecule has 114 valence electrons. The van der Waals surface area contributed by atoms with E-state index < -0.39 is 0 Å². The zero-order chi connectivity index (χ0) is 15.8. The number of rotatable bonds is 3. The minimum Gasteiger partial charge on any atom is -0.351 e. The number of hydrogen-bond donors (Lipinski definition) is 2. The number of carbonyl (C=O) groups is 2. The zero-order valence-corrected chi connectivity index (χ0v) is 13.4. The van der Waals surface area contributed by atoms with Crippen LogP contribution in [0.3, 0.4) is 0 Å². The fraction of sp³-hybridized carbons (Fsp3) is 0.529. The normalized spacial score (nSPS) is 20.8. The van der Waals surface area contributed by atoms with Crippen LogP contribution < -0.4 is 10.6 Å². The van der Waals surface area contributed by atoms with E-state index in [4.69, 9.17) is 0 Å². The second kappa shape index (κ2) is 5.51. The number of anilines is 1. The van der Waals surface area contributed by atoms with Crippen molar-refractivity contribution in [2.45, 2.75) is 46.6 Å². The standard InChI is InChI=1S/C17H24N2O2/c1-10-7-6-8-14(11(10)2)18-15(20)12-9-13(12)16(21)19-17(3,4)5/h6-8,12-13H,9H2,1-5H3,(H,18,20)(H,19,21). The van der Waals surface area contributed by atoms with E-state index in [1.54, 1.807) is 0 Å². The molecule has 2 atom stereocenters. The van der Waals surface area contributed by atoms with Gasteiger partial charge in [-0.25, -0.2) is 0 Å². The van der Waals surface area contributed by atoms with Crippen molar-refractivity contribution in [1.29, 1.82) is 0 Å². The highest BCUT2D eigenvalue weighted by Gasteiger charge is 2.48. The van der Waals surface area contributed by atoms with E-state index in [0.29, 0.717) is 6.42 Å². The topological polar surface area (TPSA) is 58.2 Å². The number of amides is 2. The third-order valence-corrected chi connectivity index (χ3v) is 3.82. The molecule has 2 unspecified atom stereocenters. The van der Waals surface area contributed by atoms with Gasteiger partial charge in [-0.1, -0.05) is 12.1 Å². The fourth-order valence-electron chi connectivity index (χ4n) is 2.35. The highest BCUT2D eigenvalue weighted by molar-refractivity contribution is 6.00. The van der Waals surface area contributed by atoms with Crippen LogP contribution in [0.15, 0.2) is 18.2 Å². The van der Waals surface area contributed by atoms with Gasteiger partial charge in [0.05, 0.1) is 11.8 Å². The van der Waals surface area contributed by atoms with Crippen molar-refractivity contribution >= 4 is 17.5 Å². The highest BCUT2D eigenvalue weighted by atomic mass is 16.2. The molecule has 1 aromatic carbocycles. The first-order valence-corrected chi connectivity index (χ1v) is 7.38. The number of aryl methyl sites for hydroxylation is 1. The lowest BCUT2D eigenvalue weighted by atomic mass is 10.1. The SMILES string of the molecule is Cc1cccc(NC(=O)C2CC2C(=O)NC(C)(C)C)c1C. The van der Waals surface area contributed by atoms with E-state index in [9.17, 15) is 9.59 Å². The molecule has 2 rings (SSSR count). The van der Waals surface area contributed by atoms with Crippen LogP contribution in [-0.4, -0.2) is 17.4 Å². The summed E-state index contributed by atoms with van der Waals surface area (Å²) in [5, 5.41) is 5.87. The molecule has 1 aromatic rings. The molecule has 2 amide bonds. The number of carbonyl (C=O) groups excluding carboxylic acids is 2. The Morgan fingerprint density at radius 3 is 2.33 bits per heavy atom. The van der Waals surface area contributed by atoms with Crippen LogP contribution in [-0.2, 0) is 9.59 Å². The van der Waals surface area contributed by atoms with E-state index in [2.05, 4.69) is 10.6 Å². The lowest BCUT2D eigenvalue weighted by Gasteiger charge is -2.20. The third kappa shape index (κ3) is 3.84. The quantitative estimate of drug-likeness (QED) is 0.898. The van der Waals surface area contributed by atoms with Gasteiger partial charge in [-0.3, -0.25) is 9.59 Å². The average molecular weight is 288 g/mol. The Balaban J connectivity index is 1.95. The van der Waals surface area contributed by atoms with Gasteiger partial charge in [0.2, 0.25) is 11.8 Å². The first kappa shape index (κ1) is 15.5. The van der Waals surface area contributed by atoms with Gasteiger partial charge in [0.1, 0.15) is 0 Å². The lowest BCUT2D eigenvalue weighted by molar-refractivity contribution is -0.126. The molecule has 0 radical (unpaired) electrons. The van der Waals surface area contributed by atoms with Gasteiger partial charge in [0.25, 0.3) is 0 Å². The van der Waals surface area contributed by atoms with Gasteiger partial charge in [-0.05, 0) is 58.2 Å². The second-order valence-corrected chi connectivity index (χ2v) is 6.92. The Bertz CT molecular complexity index is 573. The van der Waals surface area contributed by atoms with Gasteiger partial charge in [-0.2, -0.15) is 0 Å². The number of nitrogens with one attached hydrogen (secondary N) is 2. The minimum absolute atomic E-state index is 0.0244. The maximum Gasteiger partial charge on any atom is 0.228 e. The molecule has 1 fully saturated rings. The van der Waals surface area contributed by atoms with Crippen molar-refractivity contribution in [3.05, 3.63) is 29.3 Å². The van der Waals surface area contributed by atoms with Crippen LogP contribution in [0.4, 0.5) is 5.69 Å².